The van der Waals surface area contributed by atoms with Gasteiger partial charge in [-0.2, -0.15) is 0 Å². The lowest BCUT2D eigenvalue weighted by Crippen LogP contribution is -2.48. The number of likely N-dealkylation sites (tertiary alicyclic amines) is 1. The summed E-state index contributed by atoms with van der Waals surface area (Å²) in [6.07, 6.45) is 2.86. The molecule has 3 atom stereocenters. The Bertz CT molecular complexity index is 743. The zero-order chi connectivity index (χ0) is 21.2. The third-order valence-corrected chi connectivity index (χ3v) is 6.00. The highest BCUT2D eigenvalue weighted by Crippen LogP contribution is 2.32. The second kappa shape index (κ2) is 12.0. The molecular weight excluding hydrogens is 382 g/mol. The number of methoxy groups -OCH3 is 1. The van der Waals surface area contributed by atoms with Gasteiger partial charge in [0.1, 0.15) is 18.6 Å². The lowest BCUT2D eigenvalue weighted by atomic mass is 9.89. The van der Waals surface area contributed by atoms with E-state index in [2.05, 4.69) is 40.5 Å². The zero-order valence-corrected chi connectivity index (χ0v) is 17.9. The van der Waals surface area contributed by atoms with E-state index in [0.717, 1.165) is 56.6 Å². The van der Waals surface area contributed by atoms with Crippen LogP contribution in [0.3, 0.4) is 0 Å². The van der Waals surface area contributed by atoms with Crippen molar-refractivity contribution in [2.45, 2.75) is 56.9 Å². The van der Waals surface area contributed by atoms with E-state index in [1.165, 1.54) is 5.56 Å². The quantitative estimate of drug-likeness (QED) is 0.492. The number of halogens is 2. The summed E-state index contributed by atoms with van der Waals surface area (Å²) in [7, 11) is 1.71. The fourth-order valence-corrected chi connectivity index (χ4v) is 4.47. The van der Waals surface area contributed by atoms with Gasteiger partial charge in [0, 0.05) is 18.2 Å². The average molecular weight is 417 g/mol. The van der Waals surface area contributed by atoms with Crippen LogP contribution in [0.4, 0.5) is 8.78 Å². The Kier molecular flexibility index (Phi) is 9.09. The first-order valence-corrected chi connectivity index (χ1v) is 11.1. The van der Waals surface area contributed by atoms with Crippen LogP contribution in [-0.4, -0.2) is 44.0 Å². The fourth-order valence-electron chi connectivity index (χ4n) is 4.47. The number of nitrogens with zero attached hydrogens (tertiary/aromatic N) is 1. The summed E-state index contributed by atoms with van der Waals surface area (Å²) in [4.78, 5) is 2.52. The molecular formula is C25H34F2N2O. The van der Waals surface area contributed by atoms with Crippen molar-refractivity contribution >= 4 is 0 Å². The standard InChI is InChI=1S/C25H34F2N2O/c1-30-24-15-6-5-12-21(24)19-28-23-14-9-17-29(16-8-7-13-22(27)18-26)25(23)20-10-3-2-4-11-20/h2-6,10-12,15,22-23,25,28H,7-9,13-14,16-19H2,1H3/t22-,23-,25-/m0/s1. The first-order valence-electron chi connectivity index (χ1n) is 11.1. The Hall–Kier alpha value is -1.98. The maximum atomic E-state index is 13.2. The number of hydrogen-bond donors (Lipinski definition) is 1. The normalized spacial score (nSPS) is 20.8. The molecule has 164 valence electrons. The number of nitrogens with one attached hydrogen (secondary N) is 1. The van der Waals surface area contributed by atoms with Gasteiger partial charge in [-0.1, -0.05) is 48.5 Å². The molecule has 0 aliphatic carbocycles. The molecule has 0 amide bonds. The van der Waals surface area contributed by atoms with Crippen molar-refractivity contribution in [3.05, 3.63) is 65.7 Å². The van der Waals surface area contributed by atoms with Crippen molar-refractivity contribution in [3.8, 4) is 5.75 Å². The van der Waals surface area contributed by atoms with Gasteiger partial charge in [-0.3, -0.25) is 4.90 Å². The minimum absolute atomic E-state index is 0.275. The molecule has 2 aromatic carbocycles. The van der Waals surface area contributed by atoms with Crippen LogP contribution in [0.5, 0.6) is 5.75 Å². The molecule has 3 nitrogen and oxygen atoms in total. The predicted octanol–water partition coefficient (Wildman–Crippen LogP) is 5.47. The minimum atomic E-state index is -1.31. The van der Waals surface area contributed by atoms with E-state index in [1.807, 2.05) is 24.3 Å². The topological polar surface area (TPSA) is 24.5 Å². The van der Waals surface area contributed by atoms with Gasteiger partial charge >= 0.3 is 0 Å². The van der Waals surface area contributed by atoms with Crippen molar-refractivity contribution in [2.75, 3.05) is 26.9 Å². The summed E-state index contributed by atoms with van der Waals surface area (Å²) < 4.78 is 31.1. The number of para-hydroxylation sites is 1. The van der Waals surface area contributed by atoms with E-state index in [9.17, 15) is 8.78 Å². The number of rotatable bonds is 11. The molecule has 1 aliphatic rings. The van der Waals surface area contributed by atoms with E-state index < -0.39 is 12.8 Å². The fraction of sp³-hybridized carbons (Fsp3) is 0.520. The monoisotopic (exact) mass is 416 g/mol. The number of piperidine rings is 1. The summed E-state index contributed by atoms with van der Waals surface area (Å²) >= 11 is 0. The molecule has 0 unspecified atom stereocenters. The highest BCUT2D eigenvalue weighted by molar-refractivity contribution is 5.33. The Labute approximate surface area is 179 Å². The lowest BCUT2D eigenvalue weighted by Gasteiger charge is -2.42. The third kappa shape index (κ3) is 6.26. The van der Waals surface area contributed by atoms with Gasteiger partial charge in [-0.15, -0.1) is 0 Å². The molecule has 0 bridgehead atoms. The molecule has 1 heterocycles. The molecule has 0 saturated carbocycles. The zero-order valence-electron chi connectivity index (χ0n) is 17.9. The van der Waals surface area contributed by atoms with Crippen molar-refractivity contribution in [1.82, 2.24) is 10.2 Å². The predicted molar refractivity (Wildman–Crippen MR) is 118 cm³/mol. The first-order chi connectivity index (χ1) is 14.7. The maximum absolute atomic E-state index is 13.2. The highest BCUT2D eigenvalue weighted by atomic mass is 19.2. The second-order valence-corrected chi connectivity index (χ2v) is 8.08. The van der Waals surface area contributed by atoms with E-state index >= 15 is 0 Å². The van der Waals surface area contributed by atoms with Crippen LogP contribution in [0.25, 0.3) is 0 Å². The van der Waals surface area contributed by atoms with E-state index in [4.69, 9.17) is 4.74 Å². The molecule has 0 radical (unpaired) electrons. The molecule has 30 heavy (non-hydrogen) atoms. The summed E-state index contributed by atoms with van der Waals surface area (Å²) in [5, 5.41) is 3.78. The van der Waals surface area contributed by atoms with Gasteiger partial charge in [-0.25, -0.2) is 8.78 Å². The SMILES string of the molecule is COc1ccccc1CN[C@H]1CCCN(CCCC[C@H](F)CF)[C@H]1c1ccccc1. The molecule has 1 aliphatic heterocycles. The molecule has 2 aromatic rings. The number of hydrogen-bond acceptors (Lipinski definition) is 3. The van der Waals surface area contributed by atoms with Crippen LogP contribution in [0, 0.1) is 0 Å². The second-order valence-electron chi connectivity index (χ2n) is 8.08. The molecule has 0 aromatic heterocycles. The van der Waals surface area contributed by atoms with Gasteiger partial charge in [0.2, 0.25) is 0 Å². The van der Waals surface area contributed by atoms with Crippen LogP contribution in [0.1, 0.15) is 49.3 Å². The van der Waals surface area contributed by atoms with Crippen LogP contribution in [-0.2, 0) is 6.54 Å². The Morgan fingerprint density at radius 1 is 1.10 bits per heavy atom. The minimum Gasteiger partial charge on any atom is -0.496 e. The van der Waals surface area contributed by atoms with Crippen LogP contribution in [0.15, 0.2) is 54.6 Å². The van der Waals surface area contributed by atoms with Gasteiger partial charge in [0.15, 0.2) is 0 Å². The van der Waals surface area contributed by atoms with Crippen molar-refractivity contribution in [3.63, 3.8) is 0 Å². The number of ether oxygens (including phenoxy) is 1. The summed E-state index contributed by atoms with van der Waals surface area (Å²) in [6, 6.07) is 19.3. The molecule has 3 rings (SSSR count). The Morgan fingerprint density at radius 2 is 1.87 bits per heavy atom. The van der Waals surface area contributed by atoms with Gasteiger partial charge in [0.25, 0.3) is 0 Å². The van der Waals surface area contributed by atoms with Gasteiger partial charge in [-0.05, 0) is 56.8 Å². The Morgan fingerprint density at radius 3 is 2.63 bits per heavy atom. The number of unbranched alkanes of at least 4 members (excludes halogenated alkanes) is 1. The smallest absolute Gasteiger partial charge is 0.128 e. The maximum Gasteiger partial charge on any atom is 0.128 e. The van der Waals surface area contributed by atoms with E-state index in [-0.39, 0.29) is 6.04 Å². The summed E-state index contributed by atoms with van der Waals surface area (Å²) in [5.41, 5.74) is 2.46. The third-order valence-electron chi connectivity index (χ3n) is 6.00. The number of alkyl halides is 2. The summed E-state index contributed by atoms with van der Waals surface area (Å²) in [6.45, 7) is 1.83. The average Bonchev–Trinajstić information content (AvgIpc) is 2.81. The van der Waals surface area contributed by atoms with Crippen molar-refractivity contribution in [1.29, 1.82) is 0 Å². The Balaban J connectivity index is 1.67. The van der Waals surface area contributed by atoms with Crippen LogP contribution in [0.2, 0.25) is 0 Å². The van der Waals surface area contributed by atoms with Gasteiger partial charge < -0.3 is 10.1 Å². The first kappa shape index (κ1) is 22.7. The van der Waals surface area contributed by atoms with Crippen LogP contribution >= 0.6 is 0 Å². The molecule has 1 saturated heterocycles. The van der Waals surface area contributed by atoms with Crippen molar-refractivity contribution in [2.24, 2.45) is 0 Å². The van der Waals surface area contributed by atoms with Crippen LogP contribution < -0.4 is 10.1 Å². The molecule has 0 spiro atoms. The largest absolute Gasteiger partial charge is 0.496 e. The number of benzene rings is 2. The highest BCUT2D eigenvalue weighted by Gasteiger charge is 2.32. The lowest BCUT2D eigenvalue weighted by molar-refractivity contribution is 0.107. The summed E-state index contributed by atoms with van der Waals surface area (Å²) in [5.74, 6) is 0.905. The molecule has 1 fully saturated rings. The van der Waals surface area contributed by atoms with E-state index in [1.54, 1.807) is 7.11 Å². The van der Waals surface area contributed by atoms with Gasteiger partial charge in [0.05, 0.1) is 13.2 Å². The molecule has 5 heteroatoms. The van der Waals surface area contributed by atoms with E-state index in [0.29, 0.717) is 12.5 Å². The molecule has 1 N–H and O–H groups in total. The van der Waals surface area contributed by atoms with Crippen molar-refractivity contribution < 1.29 is 13.5 Å².